The van der Waals surface area contributed by atoms with Crippen LogP contribution in [-0.4, -0.2) is 30.6 Å². The monoisotopic (exact) mass is 206 g/mol. The summed E-state index contributed by atoms with van der Waals surface area (Å²) in [5.74, 6) is 0. The Hall–Kier alpha value is -1.58. The van der Waals surface area contributed by atoms with Crippen LogP contribution in [0, 0.1) is 0 Å². The molecule has 1 aromatic heterocycles. The smallest absolute Gasteiger partial charge is 0.293 e. The highest BCUT2D eigenvalue weighted by molar-refractivity contribution is 5.45. The van der Waals surface area contributed by atoms with Gasteiger partial charge in [0.1, 0.15) is 6.10 Å². The molecule has 0 spiro atoms. The van der Waals surface area contributed by atoms with E-state index in [1.165, 1.54) is 5.69 Å². The molecule has 2 rings (SSSR count). The summed E-state index contributed by atoms with van der Waals surface area (Å²) >= 11 is 0. The Balaban J connectivity index is 1.91. The number of piperidine rings is 1. The molecule has 0 saturated carbocycles. The lowest BCUT2D eigenvalue weighted by Gasteiger charge is -2.32. The van der Waals surface area contributed by atoms with E-state index in [2.05, 4.69) is 9.88 Å². The fourth-order valence-corrected chi connectivity index (χ4v) is 1.88. The predicted molar refractivity (Wildman–Crippen MR) is 56.6 cm³/mol. The highest BCUT2D eigenvalue weighted by Crippen LogP contribution is 2.19. The Morgan fingerprint density at radius 2 is 2.00 bits per heavy atom. The second kappa shape index (κ2) is 4.77. The molecule has 0 radical (unpaired) electrons. The van der Waals surface area contributed by atoms with Crippen molar-refractivity contribution in [1.82, 2.24) is 4.98 Å². The Morgan fingerprint density at radius 3 is 2.60 bits per heavy atom. The van der Waals surface area contributed by atoms with Crippen LogP contribution < -0.4 is 4.90 Å². The second-order valence-corrected chi connectivity index (χ2v) is 3.62. The fourth-order valence-electron chi connectivity index (χ4n) is 1.88. The molecule has 4 heteroatoms. The first-order valence-electron chi connectivity index (χ1n) is 5.14. The van der Waals surface area contributed by atoms with E-state index < -0.39 is 0 Å². The SMILES string of the molecule is O=COC1CCN(c2ccncc2)CC1. The van der Waals surface area contributed by atoms with Crippen molar-refractivity contribution in [1.29, 1.82) is 0 Å². The van der Waals surface area contributed by atoms with Gasteiger partial charge >= 0.3 is 0 Å². The summed E-state index contributed by atoms with van der Waals surface area (Å²) in [5, 5.41) is 0. The maximum absolute atomic E-state index is 10.2. The Kier molecular flexibility index (Phi) is 3.17. The van der Waals surface area contributed by atoms with Crippen molar-refractivity contribution in [2.24, 2.45) is 0 Å². The van der Waals surface area contributed by atoms with E-state index in [-0.39, 0.29) is 6.10 Å². The summed E-state index contributed by atoms with van der Waals surface area (Å²) in [6.45, 7) is 2.41. The Morgan fingerprint density at radius 1 is 1.33 bits per heavy atom. The molecular formula is C11H14N2O2. The minimum atomic E-state index is 0.0978. The third kappa shape index (κ3) is 2.46. The highest BCUT2D eigenvalue weighted by atomic mass is 16.5. The second-order valence-electron chi connectivity index (χ2n) is 3.62. The van der Waals surface area contributed by atoms with Crippen molar-refractivity contribution in [2.45, 2.75) is 18.9 Å². The zero-order chi connectivity index (χ0) is 10.5. The van der Waals surface area contributed by atoms with Gasteiger partial charge in [-0.05, 0) is 12.1 Å². The molecule has 0 aromatic carbocycles. The van der Waals surface area contributed by atoms with Gasteiger partial charge in [-0.1, -0.05) is 0 Å². The zero-order valence-electron chi connectivity index (χ0n) is 8.50. The quantitative estimate of drug-likeness (QED) is 0.697. The number of hydrogen-bond acceptors (Lipinski definition) is 4. The number of hydrogen-bond donors (Lipinski definition) is 0. The van der Waals surface area contributed by atoms with Crippen molar-refractivity contribution in [3.8, 4) is 0 Å². The van der Waals surface area contributed by atoms with Crippen LogP contribution in [0.2, 0.25) is 0 Å². The minimum Gasteiger partial charge on any atom is -0.464 e. The van der Waals surface area contributed by atoms with Crippen LogP contribution in [-0.2, 0) is 9.53 Å². The molecule has 0 amide bonds. The molecule has 1 aliphatic heterocycles. The van der Waals surface area contributed by atoms with Crippen LogP contribution in [0.15, 0.2) is 24.5 Å². The molecule has 0 bridgehead atoms. The number of anilines is 1. The number of carbonyl (C=O) groups excluding carboxylic acids is 1. The van der Waals surface area contributed by atoms with E-state index >= 15 is 0 Å². The highest BCUT2D eigenvalue weighted by Gasteiger charge is 2.19. The van der Waals surface area contributed by atoms with Crippen LogP contribution >= 0.6 is 0 Å². The van der Waals surface area contributed by atoms with E-state index in [4.69, 9.17) is 4.74 Å². The van der Waals surface area contributed by atoms with E-state index in [0.717, 1.165) is 25.9 Å². The summed E-state index contributed by atoms with van der Waals surface area (Å²) in [4.78, 5) is 16.5. The van der Waals surface area contributed by atoms with Gasteiger partial charge in [0.25, 0.3) is 6.47 Å². The van der Waals surface area contributed by atoms with Gasteiger partial charge in [0.05, 0.1) is 0 Å². The molecule has 1 aliphatic rings. The number of rotatable bonds is 3. The number of nitrogens with zero attached hydrogens (tertiary/aromatic N) is 2. The van der Waals surface area contributed by atoms with Gasteiger partial charge < -0.3 is 9.64 Å². The first-order chi connectivity index (χ1) is 7.40. The number of pyridine rings is 1. The van der Waals surface area contributed by atoms with Crippen molar-refractivity contribution < 1.29 is 9.53 Å². The third-order valence-corrected chi connectivity index (χ3v) is 2.72. The van der Waals surface area contributed by atoms with Gasteiger partial charge in [-0.3, -0.25) is 9.78 Å². The molecule has 1 aromatic rings. The molecule has 0 unspecified atom stereocenters. The summed E-state index contributed by atoms with van der Waals surface area (Å²) in [6, 6.07) is 4.00. The van der Waals surface area contributed by atoms with E-state index in [1.54, 1.807) is 12.4 Å². The molecular weight excluding hydrogens is 192 g/mol. The average Bonchev–Trinajstić information content (AvgIpc) is 2.32. The van der Waals surface area contributed by atoms with Gasteiger partial charge in [-0.25, -0.2) is 0 Å². The van der Waals surface area contributed by atoms with Gasteiger partial charge in [-0.15, -0.1) is 0 Å². The van der Waals surface area contributed by atoms with Crippen molar-refractivity contribution in [2.75, 3.05) is 18.0 Å². The van der Waals surface area contributed by atoms with Crippen molar-refractivity contribution >= 4 is 12.2 Å². The van der Waals surface area contributed by atoms with Crippen molar-refractivity contribution in [3.05, 3.63) is 24.5 Å². The molecule has 2 heterocycles. The van der Waals surface area contributed by atoms with Crippen LogP contribution in [0.3, 0.4) is 0 Å². The molecule has 0 N–H and O–H groups in total. The number of aromatic nitrogens is 1. The van der Waals surface area contributed by atoms with Crippen LogP contribution in [0.1, 0.15) is 12.8 Å². The Labute approximate surface area is 88.9 Å². The van der Waals surface area contributed by atoms with Gasteiger partial charge in [-0.2, -0.15) is 0 Å². The maximum Gasteiger partial charge on any atom is 0.293 e. The summed E-state index contributed by atoms with van der Waals surface area (Å²) in [6.07, 6.45) is 5.50. The lowest BCUT2D eigenvalue weighted by atomic mass is 10.1. The third-order valence-electron chi connectivity index (χ3n) is 2.72. The molecule has 4 nitrogen and oxygen atoms in total. The average molecular weight is 206 g/mol. The molecule has 80 valence electrons. The van der Waals surface area contributed by atoms with Gasteiger partial charge in [0.15, 0.2) is 0 Å². The molecule has 15 heavy (non-hydrogen) atoms. The summed E-state index contributed by atoms with van der Waals surface area (Å²) < 4.78 is 4.95. The Bertz CT molecular complexity index is 308. The van der Waals surface area contributed by atoms with Gasteiger partial charge in [0, 0.05) is 44.0 Å². The number of ether oxygens (including phenoxy) is 1. The summed E-state index contributed by atoms with van der Waals surface area (Å²) in [7, 11) is 0. The van der Waals surface area contributed by atoms with Crippen molar-refractivity contribution in [3.63, 3.8) is 0 Å². The largest absolute Gasteiger partial charge is 0.464 e. The van der Waals surface area contributed by atoms with Crippen LogP contribution in [0.4, 0.5) is 5.69 Å². The number of carbonyl (C=O) groups is 1. The van der Waals surface area contributed by atoms with Crippen LogP contribution in [0.25, 0.3) is 0 Å². The maximum atomic E-state index is 10.2. The van der Waals surface area contributed by atoms with E-state index in [0.29, 0.717) is 6.47 Å². The summed E-state index contributed by atoms with van der Waals surface area (Å²) in [5.41, 5.74) is 1.19. The first kappa shape index (κ1) is 9.96. The minimum absolute atomic E-state index is 0.0978. The topological polar surface area (TPSA) is 42.4 Å². The molecule has 0 atom stereocenters. The fraction of sp³-hybridized carbons (Fsp3) is 0.455. The zero-order valence-corrected chi connectivity index (χ0v) is 8.50. The van der Waals surface area contributed by atoms with Crippen LogP contribution in [0.5, 0.6) is 0 Å². The van der Waals surface area contributed by atoms with E-state index in [9.17, 15) is 4.79 Å². The van der Waals surface area contributed by atoms with Gasteiger partial charge in [0.2, 0.25) is 0 Å². The normalized spacial score (nSPS) is 17.5. The van der Waals surface area contributed by atoms with E-state index in [1.807, 2.05) is 12.1 Å². The molecule has 1 fully saturated rings. The predicted octanol–water partition coefficient (Wildman–Crippen LogP) is 1.22. The molecule has 0 aliphatic carbocycles. The first-order valence-corrected chi connectivity index (χ1v) is 5.14. The lowest BCUT2D eigenvalue weighted by molar-refractivity contribution is -0.134. The molecule has 1 saturated heterocycles. The standard InChI is InChI=1S/C11H14N2O2/c14-9-15-11-3-7-13(8-4-11)10-1-5-12-6-2-10/h1-2,5-6,9,11H,3-4,7-8H2. The lowest BCUT2D eigenvalue weighted by Crippen LogP contribution is -2.36.